The van der Waals surface area contributed by atoms with Crippen molar-refractivity contribution < 1.29 is 24.2 Å². The fourth-order valence-electron chi connectivity index (χ4n) is 3.76. The fourth-order valence-corrected chi connectivity index (χ4v) is 3.76. The van der Waals surface area contributed by atoms with Crippen LogP contribution in [-0.4, -0.2) is 50.2 Å². The number of aromatic amines is 1. The van der Waals surface area contributed by atoms with E-state index in [-0.39, 0.29) is 25.1 Å². The van der Waals surface area contributed by atoms with E-state index < -0.39 is 29.5 Å². The minimum atomic E-state index is -1.39. The van der Waals surface area contributed by atoms with Gasteiger partial charge >= 0.3 is 6.09 Å². The Morgan fingerprint density at radius 2 is 2.08 bits per heavy atom. The normalized spacial score (nSPS) is 13.9. The minimum absolute atomic E-state index is 0.0121. The van der Waals surface area contributed by atoms with Gasteiger partial charge in [0.2, 0.25) is 11.8 Å². The summed E-state index contributed by atoms with van der Waals surface area (Å²) in [6, 6.07) is 7.50. The molecule has 12 nitrogen and oxygen atoms in total. The molecule has 37 heavy (non-hydrogen) atoms. The number of nitrogens with one attached hydrogen (secondary N) is 3. The average Bonchev–Trinajstić information content (AvgIpc) is 3.59. The summed E-state index contributed by atoms with van der Waals surface area (Å²) in [5, 5.41) is 13.7. The molecule has 1 aromatic carbocycles. The zero-order valence-corrected chi connectivity index (χ0v) is 20.0. The number of hydrogen-bond donors (Lipinski definition) is 5. The van der Waals surface area contributed by atoms with Gasteiger partial charge in [0.1, 0.15) is 28.8 Å². The number of benzene rings is 1. The summed E-state index contributed by atoms with van der Waals surface area (Å²) in [7, 11) is 0. The molecule has 1 aliphatic rings. The third-order valence-corrected chi connectivity index (χ3v) is 5.81. The van der Waals surface area contributed by atoms with E-state index in [4.69, 9.17) is 15.6 Å². The molecule has 2 aromatic heterocycles. The molecule has 0 radical (unpaired) electrons. The van der Waals surface area contributed by atoms with Crippen LogP contribution >= 0.6 is 0 Å². The van der Waals surface area contributed by atoms with Crippen molar-refractivity contribution in [2.24, 2.45) is 11.7 Å². The molecule has 194 valence electrons. The van der Waals surface area contributed by atoms with Gasteiger partial charge in [-0.3, -0.25) is 14.4 Å². The van der Waals surface area contributed by atoms with Crippen LogP contribution in [0.3, 0.4) is 0 Å². The van der Waals surface area contributed by atoms with E-state index in [1.54, 1.807) is 12.3 Å². The Balaban J connectivity index is 1.47. The molecular weight excluding hydrogens is 480 g/mol. The molecule has 3 amide bonds. The van der Waals surface area contributed by atoms with Crippen molar-refractivity contribution in [3.8, 4) is 5.75 Å². The van der Waals surface area contributed by atoms with Crippen LogP contribution in [0.15, 0.2) is 53.5 Å². The smallest absolute Gasteiger partial charge is 0.405 e. The van der Waals surface area contributed by atoms with Gasteiger partial charge in [-0.05, 0) is 61.9 Å². The number of ether oxygens (including phenoxy) is 1. The van der Waals surface area contributed by atoms with Crippen LogP contribution < -0.4 is 26.7 Å². The molecule has 3 aromatic rings. The molecular formula is C25H28N6O6. The Bertz CT molecular complexity index is 1390. The first kappa shape index (κ1) is 25.5. The Morgan fingerprint density at radius 1 is 1.27 bits per heavy atom. The Morgan fingerprint density at radius 3 is 2.81 bits per heavy atom. The Kier molecular flexibility index (Phi) is 7.86. The highest BCUT2D eigenvalue weighted by Gasteiger charge is 2.23. The number of para-hydroxylation sites is 1. The highest BCUT2D eigenvalue weighted by molar-refractivity contribution is 5.96. The minimum Gasteiger partial charge on any atom is -0.491 e. The lowest BCUT2D eigenvalue weighted by atomic mass is 10.1. The fraction of sp³-hybridized carbons (Fsp3) is 0.320. The van der Waals surface area contributed by atoms with E-state index in [0.717, 1.165) is 11.6 Å². The molecule has 0 saturated heterocycles. The number of carbonyl (C=O) groups is 3. The zero-order valence-electron chi connectivity index (χ0n) is 20.0. The number of allylic oxidation sites excluding steroid dienone is 1. The third kappa shape index (κ3) is 6.97. The zero-order chi connectivity index (χ0) is 26.4. The van der Waals surface area contributed by atoms with Gasteiger partial charge in [0.05, 0.1) is 18.7 Å². The number of amides is 3. The second-order valence-electron chi connectivity index (χ2n) is 8.82. The van der Waals surface area contributed by atoms with Crippen molar-refractivity contribution in [1.82, 2.24) is 19.9 Å². The van der Waals surface area contributed by atoms with Crippen LogP contribution in [0.1, 0.15) is 31.5 Å². The van der Waals surface area contributed by atoms with Crippen LogP contribution in [0, 0.1) is 5.92 Å². The molecule has 0 aliphatic heterocycles. The summed E-state index contributed by atoms with van der Waals surface area (Å²) in [6.07, 6.45) is 5.38. The number of aromatic nitrogens is 3. The molecule has 2 heterocycles. The second-order valence-corrected chi connectivity index (χ2v) is 8.82. The lowest BCUT2D eigenvalue weighted by Gasteiger charge is -2.16. The maximum atomic E-state index is 13.0. The summed E-state index contributed by atoms with van der Waals surface area (Å²) in [5.41, 5.74) is 6.00. The van der Waals surface area contributed by atoms with Crippen molar-refractivity contribution in [3.63, 3.8) is 0 Å². The number of H-pyrrole nitrogens is 1. The SMILES string of the molecule is NC(=O)C=CCCC(NC(=O)O)C(=O)Nc1cccn(Cc2nc3c(OCC4CC4)cccc3[nH]2)c1=O. The van der Waals surface area contributed by atoms with E-state index in [0.29, 0.717) is 29.6 Å². The van der Waals surface area contributed by atoms with Gasteiger partial charge < -0.3 is 35.8 Å². The number of fused-ring (bicyclic) bond motifs is 1. The first-order valence-electron chi connectivity index (χ1n) is 11.9. The van der Waals surface area contributed by atoms with E-state index in [9.17, 15) is 19.2 Å². The number of carbonyl (C=O) groups excluding carboxylic acids is 2. The quantitative estimate of drug-likeness (QED) is 0.232. The molecule has 6 N–H and O–H groups in total. The molecule has 1 saturated carbocycles. The maximum absolute atomic E-state index is 13.0. The van der Waals surface area contributed by atoms with Gasteiger partial charge in [0.25, 0.3) is 5.56 Å². The van der Waals surface area contributed by atoms with Crippen LogP contribution in [-0.2, 0) is 16.1 Å². The molecule has 4 rings (SSSR count). The molecule has 1 fully saturated rings. The van der Waals surface area contributed by atoms with Crippen molar-refractivity contribution in [2.45, 2.75) is 38.3 Å². The van der Waals surface area contributed by atoms with E-state index in [2.05, 4.69) is 20.6 Å². The first-order chi connectivity index (χ1) is 17.8. The number of primary amides is 1. The maximum Gasteiger partial charge on any atom is 0.405 e. The van der Waals surface area contributed by atoms with Gasteiger partial charge in [0.15, 0.2) is 0 Å². The number of rotatable bonds is 12. The Hall–Kier alpha value is -4.61. The van der Waals surface area contributed by atoms with Crippen molar-refractivity contribution in [2.75, 3.05) is 11.9 Å². The highest BCUT2D eigenvalue weighted by Crippen LogP contribution is 2.31. The molecule has 0 spiro atoms. The van der Waals surface area contributed by atoms with E-state index >= 15 is 0 Å². The standard InChI is InChI=1S/C25H28N6O6/c26-20(32)9-2-1-5-17(29-25(35)36)23(33)28-18-7-4-12-31(24(18)34)13-21-27-16-6-3-8-19(22(16)30-21)37-14-15-10-11-15/h2-4,6-9,12,15,17,29H,1,5,10-11,13-14H2,(H2,26,32)(H,27,30)(H,28,33)(H,35,36). The monoisotopic (exact) mass is 508 g/mol. The second kappa shape index (κ2) is 11.4. The van der Waals surface area contributed by atoms with Crippen molar-refractivity contribution in [3.05, 3.63) is 64.9 Å². The van der Waals surface area contributed by atoms with Gasteiger partial charge in [-0.2, -0.15) is 0 Å². The first-order valence-corrected chi connectivity index (χ1v) is 11.9. The number of nitrogens with two attached hydrogens (primary N) is 1. The van der Waals surface area contributed by atoms with Crippen LogP contribution in [0.5, 0.6) is 5.75 Å². The average molecular weight is 509 g/mol. The number of nitrogens with zero attached hydrogens (tertiary/aromatic N) is 2. The molecule has 1 aliphatic carbocycles. The predicted molar refractivity (Wildman–Crippen MR) is 135 cm³/mol. The summed E-state index contributed by atoms with van der Waals surface area (Å²) in [6.45, 7) is 0.773. The topological polar surface area (TPSA) is 181 Å². The van der Waals surface area contributed by atoms with Crippen LogP contribution in [0.4, 0.5) is 10.5 Å². The predicted octanol–water partition coefficient (Wildman–Crippen LogP) is 1.96. The Labute approximate surface area is 211 Å². The van der Waals surface area contributed by atoms with E-state index in [1.807, 2.05) is 18.2 Å². The van der Waals surface area contributed by atoms with Gasteiger partial charge in [0, 0.05) is 6.20 Å². The summed E-state index contributed by atoms with van der Waals surface area (Å²) >= 11 is 0. The van der Waals surface area contributed by atoms with Gasteiger partial charge in [-0.1, -0.05) is 12.1 Å². The summed E-state index contributed by atoms with van der Waals surface area (Å²) in [5.74, 6) is 0.467. The number of hydrogen-bond acceptors (Lipinski definition) is 6. The van der Waals surface area contributed by atoms with Gasteiger partial charge in [-0.15, -0.1) is 0 Å². The molecule has 0 bridgehead atoms. The number of anilines is 1. The van der Waals surface area contributed by atoms with Crippen molar-refractivity contribution in [1.29, 1.82) is 0 Å². The molecule has 1 atom stereocenters. The summed E-state index contributed by atoms with van der Waals surface area (Å²) in [4.78, 5) is 55.5. The van der Waals surface area contributed by atoms with Crippen molar-refractivity contribution >= 4 is 34.6 Å². The molecule has 1 unspecified atom stereocenters. The highest BCUT2D eigenvalue weighted by atomic mass is 16.5. The lowest BCUT2D eigenvalue weighted by Crippen LogP contribution is -2.44. The van der Waals surface area contributed by atoms with Crippen LogP contribution in [0.25, 0.3) is 11.0 Å². The van der Waals surface area contributed by atoms with E-state index in [1.165, 1.54) is 29.6 Å². The number of carboxylic acid groups (broad SMARTS) is 1. The summed E-state index contributed by atoms with van der Waals surface area (Å²) < 4.78 is 7.30. The number of imidazole rings is 1. The van der Waals surface area contributed by atoms with Crippen LogP contribution in [0.2, 0.25) is 0 Å². The third-order valence-electron chi connectivity index (χ3n) is 5.81. The number of pyridine rings is 1. The van der Waals surface area contributed by atoms with Gasteiger partial charge in [-0.25, -0.2) is 9.78 Å². The largest absolute Gasteiger partial charge is 0.491 e. The molecule has 12 heteroatoms. The lowest BCUT2D eigenvalue weighted by molar-refractivity contribution is -0.118.